The number of carbonyl (C=O) groups excluding carboxylic acids is 2. The maximum Gasteiger partial charge on any atom is 0.270 e. The molecule has 3 rings (SSSR count). The largest absolute Gasteiger partial charge is 0.345 e. The Hall–Kier alpha value is -2.83. The molecular weight excluding hydrogens is 496 g/mol. The fourth-order valence-electron chi connectivity index (χ4n) is 3.20. The second-order valence-electron chi connectivity index (χ2n) is 10.1. The van der Waals surface area contributed by atoms with Crippen molar-refractivity contribution in [3.63, 3.8) is 0 Å². The van der Waals surface area contributed by atoms with Crippen LogP contribution < -0.4 is 0 Å². The Kier molecular flexibility index (Phi) is 19.5. The summed E-state index contributed by atoms with van der Waals surface area (Å²) in [5.74, 6) is -1.89. The molecule has 0 saturated carbocycles. The number of aromatic nitrogens is 2. The van der Waals surface area contributed by atoms with Gasteiger partial charge in [-0.25, -0.2) is 13.8 Å². The van der Waals surface area contributed by atoms with E-state index in [1.54, 1.807) is 30.7 Å². The second-order valence-corrected chi connectivity index (χ2v) is 10.1. The molecule has 2 aromatic rings. The molecule has 1 aromatic heterocycles. The van der Waals surface area contributed by atoms with E-state index in [2.05, 4.69) is 44.6 Å². The number of unbranched alkanes of at least 4 members (excludes halogenated alkanes) is 2. The van der Waals surface area contributed by atoms with E-state index in [-0.39, 0.29) is 17.3 Å². The lowest BCUT2D eigenvalue weighted by atomic mass is 9.98. The van der Waals surface area contributed by atoms with Crippen molar-refractivity contribution in [2.24, 2.45) is 5.92 Å². The number of aryl methyl sites for hydroxylation is 1. The average Bonchev–Trinajstić information content (AvgIpc) is 3.45. The summed E-state index contributed by atoms with van der Waals surface area (Å²) in [6.07, 6.45) is 14.9. The average molecular weight is 548 g/mol. The number of benzene rings is 1. The van der Waals surface area contributed by atoms with E-state index in [4.69, 9.17) is 0 Å². The van der Waals surface area contributed by atoms with Crippen LogP contribution in [0.25, 0.3) is 6.08 Å². The maximum absolute atomic E-state index is 13.1. The summed E-state index contributed by atoms with van der Waals surface area (Å²) >= 11 is 0. The molecule has 0 spiro atoms. The van der Waals surface area contributed by atoms with Crippen molar-refractivity contribution in [1.82, 2.24) is 14.9 Å². The number of carbonyl (C=O) groups is 2. The minimum atomic E-state index is -2.81. The number of ketones is 1. The summed E-state index contributed by atoms with van der Waals surface area (Å²) in [6.45, 7) is 15.0. The van der Waals surface area contributed by atoms with Gasteiger partial charge in [0.15, 0.2) is 5.78 Å². The Morgan fingerprint density at radius 1 is 1.03 bits per heavy atom. The summed E-state index contributed by atoms with van der Waals surface area (Å²) in [4.78, 5) is 31.1. The number of imidazole rings is 1. The van der Waals surface area contributed by atoms with Crippen LogP contribution in [-0.2, 0) is 21.9 Å². The Bertz CT molecular complexity index is 904. The molecular formula is C32H51F2N3O2. The minimum absolute atomic E-state index is 0.0163. The monoisotopic (exact) mass is 547 g/mol. The smallest absolute Gasteiger partial charge is 0.270 e. The Balaban J connectivity index is 0.000000661. The number of nitrogens with zero attached hydrogens (tertiary/aromatic N) is 2. The first-order chi connectivity index (χ1) is 18.5. The fraction of sp³-hybridized carbons (Fsp3) is 0.594. The fourth-order valence-corrected chi connectivity index (χ4v) is 3.20. The van der Waals surface area contributed by atoms with E-state index in [0.29, 0.717) is 18.8 Å². The van der Waals surface area contributed by atoms with Gasteiger partial charge < -0.3 is 9.88 Å². The van der Waals surface area contributed by atoms with Crippen LogP contribution in [0.4, 0.5) is 8.78 Å². The third-order valence-corrected chi connectivity index (χ3v) is 6.24. The molecule has 0 atom stereocenters. The van der Waals surface area contributed by atoms with E-state index in [0.717, 1.165) is 44.1 Å². The van der Waals surface area contributed by atoms with Crippen LogP contribution in [0.5, 0.6) is 0 Å². The molecule has 1 aliphatic rings. The van der Waals surface area contributed by atoms with Crippen LogP contribution in [0.2, 0.25) is 0 Å². The third-order valence-electron chi connectivity index (χ3n) is 6.24. The van der Waals surface area contributed by atoms with Gasteiger partial charge in [-0.15, -0.1) is 0 Å². The zero-order valence-electron chi connectivity index (χ0n) is 25.2. The highest BCUT2D eigenvalue weighted by atomic mass is 19.3. The predicted molar refractivity (Wildman–Crippen MR) is 159 cm³/mol. The van der Waals surface area contributed by atoms with Crippen molar-refractivity contribution in [2.75, 3.05) is 13.1 Å². The van der Waals surface area contributed by atoms with Gasteiger partial charge >= 0.3 is 0 Å². The Morgan fingerprint density at radius 3 is 1.97 bits per heavy atom. The molecule has 220 valence electrons. The van der Waals surface area contributed by atoms with Gasteiger partial charge in [0.1, 0.15) is 0 Å². The summed E-state index contributed by atoms with van der Waals surface area (Å²) in [6, 6.07) is 6.28. The van der Waals surface area contributed by atoms with Crippen molar-refractivity contribution >= 4 is 17.8 Å². The van der Waals surface area contributed by atoms with Crippen molar-refractivity contribution < 1.29 is 18.4 Å². The van der Waals surface area contributed by atoms with Gasteiger partial charge in [-0.1, -0.05) is 84.6 Å². The van der Waals surface area contributed by atoms with E-state index in [9.17, 15) is 18.4 Å². The molecule has 7 heteroatoms. The number of likely N-dealkylation sites (tertiary alicyclic amines) is 1. The van der Waals surface area contributed by atoms with Gasteiger partial charge in [-0.3, -0.25) is 9.59 Å². The molecule has 1 saturated heterocycles. The SMILES string of the molecule is CC(=O)/C=C/c1cnc[nH]1.CC1CCN(C(=O)CCc2ccc(C(C)(F)F)cc2)CC1.CCCC.CCCC. The number of alkyl halides is 2. The number of amides is 1. The number of allylic oxidation sites excluding steroid dienone is 1. The highest BCUT2D eigenvalue weighted by Gasteiger charge is 2.24. The predicted octanol–water partition coefficient (Wildman–Crippen LogP) is 8.61. The van der Waals surface area contributed by atoms with Crippen LogP contribution in [0, 0.1) is 5.92 Å². The van der Waals surface area contributed by atoms with Crippen molar-refractivity contribution in [2.45, 2.75) is 106 Å². The van der Waals surface area contributed by atoms with Gasteiger partial charge in [0.05, 0.1) is 18.2 Å². The molecule has 1 aliphatic heterocycles. The minimum Gasteiger partial charge on any atom is -0.345 e. The van der Waals surface area contributed by atoms with Crippen LogP contribution in [0.15, 0.2) is 42.9 Å². The van der Waals surface area contributed by atoms with Crippen LogP contribution in [0.3, 0.4) is 0 Å². The molecule has 0 radical (unpaired) electrons. The summed E-state index contributed by atoms with van der Waals surface area (Å²) in [5, 5.41) is 0. The first-order valence-corrected chi connectivity index (χ1v) is 14.4. The molecule has 1 aromatic carbocycles. The van der Waals surface area contributed by atoms with Gasteiger partial charge in [0.25, 0.3) is 5.92 Å². The molecule has 1 fully saturated rings. The van der Waals surface area contributed by atoms with Crippen molar-refractivity contribution in [3.05, 3.63) is 59.7 Å². The quantitative estimate of drug-likeness (QED) is 0.336. The highest BCUT2D eigenvalue weighted by molar-refractivity contribution is 5.91. The zero-order chi connectivity index (χ0) is 29.7. The molecule has 0 aliphatic carbocycles. The van der Waals surface area contributed by atoms with Gasteiger partial charge in [0, 0.05) is 32.0 Å². The number of aromatic amines is 1. The normalized spacial score (nSPS) is 13.4. The van der Waals surface area contributed by atoms with E-state index >= 15 is 0 Å². The lowest BCUT2D eigenvalue weighted by molar-refractivity contribution is -0.132. The number of H-pyrrole nitrogens is 1. The molecule has 0 unspecified atom stereocenters. The number of piperidine rings is 1. The molecule has 1 N–H and O–H groups in total. The first kappa shape index (κ1) is 36.2. The molecule has 0 bridgehead atoms. The van der Waals surface area contributed by atoms with Gasteiger partial charge in [-0.2, -0.15) is 0 Å². The molecule has 2 heterocycles. The highest BCUT2D eigenvalue weighted by Crippen LogP contribution is 2.27. The third kappa shape index (κ3) is 18.2. The topological polar surface area (TPSA) is 66.1 Å². The zero-order valence-corrected chi connectivity index (χ0v) is 25.2. The van der Waals surface area contributed by atoms with Crippen LogP contribution >= 0.6 is 0 Å². The number of rotatable bonds is 8. The van der Waals surface area contributed by atoms with E-state index < -0.39 is 5.92 Å². The molecule has 5 nitrogen and oxygen atoms in total. The first-order valence-electron chi connectivity index (χ1n) is 14.4. The van der Waals surface area contributed by atoms with Crippen LogP contribution in [-0.4, -0.2) is 39.6 Å². The lowest BCUT2D eigenvalue weighted by Gasteiger charge is -2.30. The molecule has 39 heavy (non-hydrogen) atoms. The molecule has 1 amide bonds. The standard InChI is InChI=1S/C17H23F2NO.C7H8N2O.2C4H10/c1-13-9-11-20(12-10-13)16(21)8-5-14-3-6-15(7-4-14)17(2,18)19;1-6(10)2-3-7-4-8-5-9-7;2*1-3-4-2/h3-4,6-7,13H,5,8-12H2,1-2H3;2-5H,1H3,(H,8,9);2*3-4H2,1-2H3/b;3-2+;;. The van der Waals surface area contributed by atoms with Crippen molar-refractivity contribution in [3.8, 4) is 0 Å². The number of nitrogens with one attached hydrogen (secondary N) is 1. The second kappa shape index (κ2) is 21.0. The van der Waals surface area contributed by atoms with Gasteiger partial charge in [0.2, 0.25) is 5.91 Å². The van der Waals surface area contributed by atoms with E-state index in [1.165, 1.54) is 50.8 Å². The Morgan fingerprint density at radius 2 is 1.56 bits per heavy atom. The maximum atomic E-state index is 13.1. The lowest BCUT2D eigenvalue weighted by Crippen LogP contribution is -2.37. The van der Waals surface area contributed by atoms with Gasteiger partial charge in [-0.05, 0) is 49.8 Å². The number of halogens is 2. The Labute approximate surface area is 235 Å². The summed E-state index contributed by atoms with van der Waals surface area (Å²) in [5.41, 5.74) is 1.79. The summed E-state index contributed by atoms with van der Waals surface area (Å²) < 4.78 is 26.2. The van der Waals surface area contributed by atoms with Crippen molar-refractivity contribution in [1.29, 1.82) is 0 Å². The summed E-state index contributed by atoms with van der Waals surface area (Å²) in [7, 11) is 0. The van der Waals surface area contributed by atoms with Crippen LogP contribution in [0.1, 0.15) is 110 Å². The number of hydrogen-bond donors (Lipinski definition) is 1. The van der Waals surface area contributed by atoms with E-state index in [1.807, 2.05) is 4.90 Å². The number of hydrogen-bond acceptors (Lipinski definition) is 3.